The van der Waals surface area contributed by atoms with Gasteiger partial charge in [0.25, 0.3) is 5.92 Å². The quantitative estimate of drug-likeness (QED) is 0.286. The summed E-state index contributed by atoms with van der Waals surface area (Å²) in [7, 11) is 2.13. The molecule has 1 aromatic rings. The molecule has 0 bridgehead atoms. The Balaban J connectivity index is 2.69. The third-order valence-corrected chi connectivity index (χ3v) is 7.44. The normalized spacial score (nSPS) is 20.0. The molecule has 188 valence electrons. The molecule has 0 spiro atoms. The maximum Gasteiger partial charge on any atom is 0.270 e. The van der Waals surface area contributed by atoms with Crippen LogP contribution >= 0.6 is 0 Å². The maximum atomic E-state index is 14.3. The van der Waals surface area contributed by atoms with Crippen molar-refractivity contribution in [3.8, 4) is 6.07 Å². The second kappa shape index (κ2) is 10.7. The summed E-state index contributed by atoms with van der Waals surface area (Å²) in [6.45, 7) is 24.4. The summed E-state index contributed by atoms with van der Waals surface area (Å²) in [5.41, 5.74) is 6.56. The van der Waals surface area contributed by atoms with Crippen LogP contribution in [-0.4, -0.2) is 24.0 Å². The number of hydrogen-bond donors (Lipinski definition) is 1. The molecule has 1 heterocycles. The van der Waals surface area contributed by atoms with E-state index in [4.69, 9.17) is 0 Å². The van der Waals surface area contributed by atoms with E-state index >= 15 is 0 Å². The van der Waals surface area contributed by atoms with Gasteiger partial charge in [-0.15, -0.1) is 0 Å². The zero-order valence-electron chi connectivity index (χ0n) is 22.3. The molecule has 5 heteroatoms. The topological polar surface area (TPSA) is 39.1 Å². The van der Waals surface area contributed by atoms with Crippen molar-refractivity contribution < 1.29 is 8.78 Å². The van der Waals surface area contributed by atoms with Gasteiger partial charge in [0.05, 0.1) is 6.07 Å². The average molecular weight is 480 g/mol. The maximum absolute atomic E-state index is 14.3. The summed E-state index contributed by atoms with van der Waals surface area (Å²) in [4.78, 5) is 2.36. The van der Waals surface area contributed by atoms with E-state index in [-0.39, 0.29) is 11.1 Å². The highest BCUT2D eigenvalue weighted by Gasteiger charge is 2.37. The zero-order valence-corrected chi connectivity index (χ0v) is 22.3. The molecule has 0 aliphatic carbocycles. The molecule has 0 radical (unpaired) electrons. The lowest BCUT2D eigenvalue weighted by atomic mass is 9.84. The molecule has 1 unspecified atom stereocenters. The van der Waals surface area contributed by atoms with Crippen molar-refractivity contribution in [2.45, 2.75) is 72.3 Å². The van der Waals surface area contributed by atoms with Crippen molar-refractivity contribution in [2.24, 2.45) is 0 Å². The standard InChI is InChI=1S/C30H39F2N3/c1-11-25(21(5)20(4)18-33)26-17-24(30(9,31)32)13-14-27(26)34-23(7)28(19(2)3)22(6)29(8)15-12-16-35(29)10/h13-14,17,34H,2,4,7,11-12,15-16H2,1,3,5-6,8-10H3/b25-21+,28-22+. The van der Waals surface area contributed by atoms with E-state index in [1.165, 1.54) is 17.7 Å². The van der Waals surface area contributed by atoms with Crippen molar-refractivity contribution in [3.05, 3.63) is 82.6 Å². The largest absolute Gasteiger partial charge is 0.355 e. The lowest BCUT2D eigenvalue weighted by Crippen LogP contribution is -2.40. The molecule has 3 nitrogen and oxygen atoms in total. The number of nitriles is 1. The monoisotopic (exact) mass is 479 g/mol. The smallest absolute Gasteiger partial charge is 0.270 e. The van der Waals surface area contributed by atoms with Crippen molar-refractivity contribution in [3.63, 3.8) is 0 Å². The number of likely N-dealkylation sites (tertiary alicyclic amines) is 1. The lowest BCUT2D eigenvalue weighted by molar-refractivity contribution is 0.0174. The van der Waals surface area contributed by atoms with E-state index in [1.54, 1.807) is 13.0 Å². The molecule has 0 amide bonds. The van der Waals surface area contributed by atoms with E-state index in [2.05, 4.69) is 56.9 Å². The van der Waals surface area contributed by atoms with E-state index in [1.807, 2.05) is 13.8 Å². The van der Waals surface area contributed by atoms with Crippen LogP contribution in [0.15, 0.2) is 71.5 Å². The van der Waals surface area contributed by atoms with Gasteiger partial charge < -0.3 is 5.32 Å². The first-order valence-corrected chi connectivity index (χ1v) is 12.1. The fourth-order valence-electron chi connectivity index (χ4n) is 4.97. The van der Waals surface area contributed by atoms with Gasteiger partial charge in [0.2, 0.25) is 0 Å². The fourth-order valence-corrected chi connectivity index (χ4v) is 4.97. The molecule has 1 atom stereocenters. The first-order chi connectivity index (χ1) is 16.2. The molecule has 1 N–H and O–H groups in total. The molecule has 35 heavy (non-hydrogen) atoms. The minimum atomic E-state index is -3.00. The van der Waals surface area contributed by atoms with E-state index in [0.717, 1.165) is 43.0 Å². The zero-order chi connectivity index (χ0) is 26.7. The first kappa shape index (κ1) is 28.3. The van der Waals surface area contributed by atoms with Gasteiger partial charge in [0, 0.05) is 46.1 Å². The number of alkyl halides is 2. The van der Waals surface area contributed by atoms with Gasteiger partial charge in [-0.1, -0.05) is 32.7 Å². The summed E-state index contributed by atoms with van der Waals surface area (Å²) >= 11 is 0. The molecule has 0 aromatic heterocycles. The fraction of sp³-hybridized carbons (Fsp3) is 0.433. The van der Waals surface area contributed by atoms with Crippen LogP contribution in [0.2, 0.25) is 0 Å². The Hall–Kier alpha value is -2.97. The van der Waals surface area contributed by atoms with Gasteiger partial charge in [-0.2, -0.15) is 5.26 Å². The van der Waals surface area contributed by atoms with Crippen LogP contribution in [0.5, 0.6) is 0 Å². The number of hydrogen-bond acceptors (Lipinski definition) is 3. The van der Waals surface area contributed by atoms with E-state index in [0.29, 0.717) is 34.5 Å². The van der Waals surface area contributed by atoms with Crippen LogP contribution in [-0.2, 0) is 5.92 Å². The molecule has 1 aromatic carbocycles. The second-order valence-corrected chi connectivity index (χ2v) is 9.88. The van der Waals surface area contributed by atoms with Crippen LogP contribution in [0, 0.1) is 11.3 Å². The number of benzene rings is 1. The van der Waals surface area contributed by atoms with Crippen molar-refractivity contribution in [2.75, 3.05) is 18.9 Å². The Morgan fingerprint density at radius 3 is 2.31 bits per heavy atom. The predicted molar refractivity (Wildman–Crippen MR) is 144 cm³/mol. The summed E-state index contributed by atoms with van der Waals surface area (Å²) in [5, 5.41) is 12.8. The highest BCUT2D eigenvalue weighted by atomic mass is 19.3. The van der Waals surface area contributed by atoms with Gasteiger partial charge >= 0.3 is 0 Å². The Morgan fingerprint density at radius 1 is 1.23 bits per heavy atom. The van der Waals surface area contributed by atoms with Crippen LogP contribution in [0.4, 0.5) is 14.5 Å². The first-order valence-electron chi connectivity index (χ1n) is 12.1. The predicted octanol–water partition coefficient (Wildman–Crippen LogP) is 8.36. The second-order valence-electron chi connectivity index (χ2n) is 9.88. The van der Waals surface area contributed by atoms with E-state index < -0.39 is 5.92 Å². The number of likely N-dealkylation sites (N-methyl/N-ethyl adjacent to an activating group) is 1. The molecule has 1 aliphatic heterocycles. The Kier molecular flexibility index (Phi) is 8.68. The average Bonchev–Trinajstić information content (AvgIpc) is 3.12. The van der Waals surface area contributed by atoms with Crippen molar-refractivity contribution in [1.29, 1.82) is 5.26 Å². The van der Waals surface area contributed by atoms with E-state index in [9.17, 15) is 14.0 Å². The Labute approximate surface area is 210 Å². The summed E-state index contributed by atoms with van der Waals surface area (Å²) < 4.78 is 28.5. The van der Waals surface area contributed by atoms with Gasteiger partial charge in [0.15, 0.2) is 0 Å². The molecule has 1 aliphatic rings. The molecule has 1 saturated heterocycles. The summed E-state index contributed by atoms with van der Waals surface area (Å²) in [6.07, 6.45) is 2.72. The molecule has 0 saturated carbocycles. The van der Waals surface area contributed by atoms with Gasteiger partial charge in [-0.3, -0.25) is 4.90 Å². The molecule has 2 rings (SSSR count). The summed E-state index contributed by atoms with van der Waals surface area (Å²) in [6, 6.07) is 6.69. The van der Waals surface area contributed by atoms with Crippen molar-refractivity contribution >= 4 is 11.3 Å². The number of allylic oxidation sites excluding steroid dienone is 4. The minimum absolute atomic E-state index is 0.0862. The third kappa shape index (κ3) is 5.82. The van der Waals surface area contributed by atoms with Crippen LogP contribution in [0.25, 0.3) is 5.57 Å². The number of rotatable bonds is 9. The Bertz CT molecular complexity index is 1140. The number of halogens is 2. The molecular weight excluding hydrogens is 440 g/mol. The highest BCUT2D eigenvalue weighted by molar-refractivity contribution is 5.82. The SMILES string of the molecule is C=C(C#N)/C(C)=C(\CC)c1cc(C(C)(F)F)ccc1NC(=C)/C(C(=C)C)=C(\C)C1(C)CCCN1C. The highest BCUT2D eigenvalue weighted by Crippen LogP contribution is 2.40. The number of nitrogens with zero attached hydrogens (tertiary/aromatic N) is 2. The third-order valence-electron chi connectivity index (χ3n) is 7.44. The molecule has 1 fully saturated rings. The Morgan fingerprint density at radius 2 is 1.86 bits per heavy atom. The number of anilines is 1. The van der Waals surface area contributed by atoms with Gasteiger partial charge in [-0.05, 0) is 95.0 Å². The minimum Gasteiger partial charge on any atom is -0.355 e. The van der Waals surface area contributed by atoms with Crippen molar-refractivity contribution in [1.82, 2.24) is 4.90 Å². The summed E-state index contributed by atoms with van der Waals surface area (Å²) in [5.74, 6) is -3.00. The van der Waals surface area contributed by atoms with Crippen LogP contribution in [0.3, 0.4) is 0 Å². The van der Waals surface area contributed by atoms with Crippen LogP contribution in [0.1, 0.15) is 71.9 Å². The van der Waals surface area contributed by atoms with Gasteiger partial charge in [-0.25, -0.2) is 8.78 Å². The lowest BCUT2D eigenvalue weighted by Gasteiger charge is -2.36. The molecular formula is C30H39F2N3. The van der Waals surface area contributed by atoms with Crippen LogP contribution < -0.4 is 5.32 Å². The van der Waals surface area contributed by atoms with Gasteiger partial charge in [0.1, 0.15) is 0 Å². The number of nitrogens with one attached hydrogen (secondary N) is 1.